The van der Waals surface area contributed by atoms with Gasteiger partial charge in [-0.2, -0.15) is 4.31 Å². The maximum absolute atomic E-state index is 13.3. The molecule has 7 nitrogen and oxygen atoms in total. The van der Waals surface area contributed by atoms with Gasteiger partial charge in [-0.05, 0) is 36.8 Å². The SMILES string of the molecule is Cc1ccc(CN(CC(=O)Nc2ccc3c(c2)OCO3)S(=O)(=O)c2ccccc2)cc1. The molecular formula is C23H22N2O5S. The molecule has 1 heterocycles. The highest BCUT2D eigenvalue weighted by atomic mass is 32.2. The van der Waals surface area contributed by atoms with Gasteiger partial charge in [0.1, 0.15) is 0 Å². The highest BCUT2D eigenvalue weighted by Gasteiger charge is 2.27. The number of sulfonamides is 1. The van der Waals surface area contributed by atoms with Crippen LogP contribution >= 0.6 is 0 Å². The summed E-state index contributed by atoms with van der Waals surface area (Å²) in [6.45, 7) is 1.83. The van der Waals surface area contributed by atoms with Gasteiger partial charge in [0.2, 0.25) is 22.7 Å². The van der Waals surface area contributed by atoms with Crippen molar-refractivity contribution in [1.29, 1.82) is 0 Å². The van der Waals surface area contributed by atoms with Gasteiger partial charge in [-0.25, -0.2) is 8.42 Å². The van der Waals surface area contributed by atoms with Crippen LogP contribution in [0.3, 0.4) is 0 Å². The number of carbonyl (C=O) groups is 1. The molecule has 3 aromatic carbocycles. The fourth-order valence-electron chi connectivity index (χ4n) is 3.20. The zero-order valence-electron chi connectivity index (χ0n) is 16.9. The average molecular weight is 439 g/mol. The smallest absolute Gasteiger partial charge is 0.243 e. The minimum absolute atomic E-state index is 0.0755. The zero-order chi connectivity index (χ0) is 21.8. The summed E-state index contributed by atoms with van der Waals surface area (Å²) in [4.78, 5) is 12.9. The number of ether oxygens (including phenoxy) is 2. The van der Waals surface area contributed by atoms with E-state index in [0.29, 0.717) is 17.2 Å². The van der Waals surface area contributed by atoms with E-state index in [9.17, 15) is 13.2 Å². The number of aryl methyl sites for hydroxylation is 1. The van der Waals surface area contributed by atoms with Crippen molar-refractivity contribution in [1.82, 2.24) is 4.31 Å². The highest BCUT2D eigenvalue weighted by molar-refractivity contribution is 7.89. The van der Waals surface area contributed by atoms with Crippen molar-refractivity contribution in [3.05, 3.63) is 83.9 Å². The van der Waals surface area contributed by atoms with Crippen LogP contribution in [-0.2, 0) is 21.4 Å². The molecular weight excluding hydrogens is 416 g/mol. The highest BCUT2D eigenvalue weighted by Crippen LogP contribution is 2.34. The molecule has 0 spiro atoms. The van der Waals surface area contributed by atoms with Crippen molar-refractivity contribution >= 4 is 21.6 Å². The molecule has 1 amide bonds. The summed E-state index contributed by atoms with van der Waals surface area (Å²) in [5.74, 6) is 0.683. The van der Waals surface area contributed by atoms with E-state index in [-0.39, 0.29) is 24.8 Å². The number of amides is 1. The van der Waals surface area contributed by atoms with Crippen molar-refractivity contribution in [3.8, 4) is 11.5 Å². The minimum Gasteiger partial charge on any atom is -0.454 e. The van der Waals surface area contributed by atoms with E-state index in [1.165, 1.54) is 16.4 Å². The number of fused-ring (bicyclic) bond motifs is 1. The molecule has 0 bridgehead atoms. The lowest BCUT2D eigenvalue weighted by molar-refractivity contribution is -0.116. The molecule has 8 heteroatoms. The summed E-state index contributed by atoms with van der Waals surface area (Å²) in [5, 5.41) is 2.74. The first-order chi connectivity index (χ1) is 14.9. The molecule has 0 saturated heterocycles. The lowest BCUT2D eigenvalue weighted by Crippen LogP contribution is -2.37. The second-order valence-electron chi connectivity index (χ2n) is 7.19. The largest absolute Gasteiger partial charge is 0.454 e. The van der Waals surface area contributed by atoms with E-state index in [2.05, 4.69) is 5.32 Å². The third-order valence-electron chi connectivity index (χ3n) is 4.84. The molecule has 0 aliphatic carbocycles. The number of hydrogen-bond acceptors (Lipinski definition) is 5. The summed E-state index contributed by atoms with van der Waals surface area (Å²) in [5.41, 5.74) is 2.37. The van der Waals surface area contributed by atoms with Gasteiger partial charge in [0.25, 0.3) is 0 Å². The van der Waals surface area contributed by atoms with E-state index in [4.69, 9.17) is 9.47 Å². The maximum Gasteiger partial charge on any atom is 0.243 e. The van der Waals surface area contributed by atoms with Gasteiger partial charge in [-0.15, -0.1) is 0 Å². The molecule has 0 saturated carbocycles. The number of benzene rings is 3. The second kappa shape index (κ2) is 8.79. The number of carbonyl (C=O) groups excluding carboxylic acids is 1. The molecule has 3 aromatic rings. The molecule has 0 radical (unpaired) electrons. The Labute approximate surface area is 181 Å². The first-order valence-electron chi connectivity index (χ1n) is 9.72. The Kier molecular flexibility index (Phi) is 5.92. The molecule has 0 aromatic heterocycles. The molecule has 1 aliphatic heterocycles. The van der Waals surface area contributed by atoms with Crippen LogP contribution in [0.5, 0.6) is 11.5 Å². The summed E-state index contributed by atoms with van der Waals surface area (Å²) in [6.07, 6.45) is 0. The number of rotatable bonds is 7. The van der Waals surface area contributed by atoms with Gasteiger partial charge in [-0.1, -0.05) is 48.0 Å². The van der Waals surface area contributed by atoms with Crippen LogP contribution in [-0.4, -0.2) is 32.0 Å². The summed E-state index contributed by atoms with van der Waals surface area (Å²) in [7, 11) is -3.88. The Balaban J connectivity index is 1.56. The molecule has 1 N–H and O–H groups in total. The third-order valence-corrected chi connectivity index (χ3v) is 6.64. The van der Waals surface area contributed by atoms with Crippen molar-refractivity contribution < 1.29 is 22.7 Å². The maximum atomic E-state index is 13.3. The number of nitrogens with one attached hydrogen (secondary N) is 1. The van der Waals surface area contributed by atoms with E-state index in [0.717, 1.165) is 11.1 Å². The van der Waals surface area contributed by atoms with Crippen LogP contribution in [0.1, 0.15) is 11.1 Å². The number of hydrogen-bond donors (Lipinski definition) is 1. The monoisotopic (exact) mass is 438 g/mol. The lowest BCUT2D eigenvalue weighted by Gasteiger charge is -2.22. The van der Waals surface area contributed by atoms with E-state index < -0.39 is 15.9 Å². The topological polar surface area (TPSA) is 84.9 Å². The Bertz CT molecular complexity index is 1180. The van der Waals surface area contributed by atoms with Gasteiger partial charge in [-0.3, -0.25) is 4.79 Å². The fourth-order valence-corrected chi connectivity index (χ4v) is 4.60. The quantitative estimate of drug-likeness (QED) is 0.610. The predicted octanol–water partition coefficient (Wildman–Crippen LogP) is 3.55. The summed E-state index contributed by atoms with van der Waals surface area (Å²) in [6, 6.07) is 20.7. The first-order valence-corrected chi connectivity index (χ1v) is 11.2. The standard InChI is InChI=1S/C23H22N2O5S/c1-17-7-9-18(10-8-17)14-25(31(27,28)20-5-3-2-4-6-20)15-23(26)24-19-11-12-21-22(13-19)30-16-29-21/h2-13H,14-16H2,1H3,(H,24,26). The van der Waals surface area contributed by atoms with E-state index >= 15 is 0 Å². The van der Waals surface area contributed by atoms with Crippen molar-refractivity contribution in [3.63, 3.8) is 0 Å². The Morgan fingerprint density at radius 1 is 0.968 bits per heavy atom. The van der Waals surface area contributed by atoms with Gasteiger partial charge in [0.05, 0.1) is 11.4 Å². The van der Waals surface area contributed by atoms with Crippen LogP contribution in [0.4, 0.5) is 5.69 Å². The van der Waals surface area contributed by atoms with Crippen LogP contribution in [0, 0.1) is 6.92 Å². The minimum atomic E-state index is -3.88. The Morgan fingerprint density at radius 3 is 2.42 bits per heavy atom. The second-order valence-corrected chi connectivity index (χ2v) is 9.13. The van der Waals surface area contributed by atoms with Crippen LogP contribution in [0.15, 0.2) is 77.7 Å². The van der Waals surface area contributed by atoms with Crippen LogP contribution < -0.4 is 14.8 Å². The van der Waals surface area contributed by atoms with Gasteiger partial charge in [0, 0.05) is 18.3 Å². The van der Waals surface area contributed by atoms with Gasteiger partial charge >= 0.3 is 0 Å². The zero-order valence-corrected chi connectivity index (χ0v) is 17.8. The first kappa shape index (κ1) is 20.9. The van der Waals surface area contributed by atoms with Crippen LogP contribution in [0.2, 0.25) is 0 Å². The molecule has 31 heavy (non-hydrogen) atoms. The predicted molar refractivity (Wildman–Crippen MR) is 116 cm³/mol. The van der Waals surface area contributed by atoms with Crippen molar-refractivity contribution in [2.45, 2.75) is 18.4 Å². The number of nitrogens with zero attached hydrogens (tertiary/aromatic N) is 1. The van der Waals surface area contributed by atoms with Crippen LogP contribution in [0.25, 0.3) is 0 Å². The molecule has 160 valence electrons. The molecule has 1 aliphatic rings. The molecule has 0 unspecified atom stereocenters. The van der Waals surface area contributed by atoms with Gasteiger partial charge in [0.15, 0.2) is 11.5 Å². The number of anilines is 1. The molecule has 0 atom stereocenters. The molecule has 0 fully saturated rings. The molecule has 4 rings (SSSR count). The van der Waals surface area contributed by atoms with E-state index in [1.807, 2.05) is 31.2 Å². The van der Waals surface area contributed by atoms with Gasteiger partial charge < -0.3 is 14.8 Å². The fraction of sp³-hybridized carbons (Fsp3) is 0.174. The Morgan fingerprint density at radius 2 is 1.68 bits per heavy atom. The third kappa shape index (κ3) is 4.87. The summed E-state index contributed by atoms with van der Waals surface area (Å²) >= 11 is 0. The van der Waals surface area contributed by atoms with Crippen molar-refractivity contribution in [2.24, 2.45) is 0 Å². The lowest BCUT2D eigenvalue weighted by atomic mass is 10.1. The average Bonchev–Trinajstić information content (AvgIpc) is 3.23. The normalized spacial score (nSPS) is 12.7. The Hall–Kier alpha value is -3.36. The van der Waals surface area contributed by atoms with E-state index in [1.54, 1.807) is 36.4 Å². The summed E-state index contributed by atoms with van der Waals surface area (Å²) < 4.78 is 38.3. The van der Waals surface area contributed by atoms with Crippen molar-refractivity contribution in [2.75, 3.05) is 18.7 Å².